The zero-order chi connectivity index (χ0) is 26.2. The highest BCUT2D eigenvalue weighted by Crippen LogP contribution is 2.72. The monoisotopic (exact) mass is 511 g/mol. The second-order valence-electron chi connectivity index (χ2n) is 13.9. The summed E-state index contributed by atoms with van der Waals surface area (Å²) >= 11 is 0. The number of nitrogens with zero attached hydrogens (tertiary/aromatic N) is 1. The van der Waals surface area contributed by atoms with E-state index >= 15 is 0 Å². The number of anilines is 1. The van der Waals surface area contributed by atoms with Gasteiger partial charge in [-0.3, -0.25) is 0 Å². The molecule has 1 heterocycles. The van der Waals surface area contributed by atoms with Crippen molar-refractivity contribution in [2.75, 3.05) is 38.8 Å². The van der Waals surface area contributed by atoms with Crippen LogP contribution >= 0.6 is 0 Å². The molecule has 5 fully saturated rings. The van der Waals surface area contributed by atoms with Gasteiger partial charge in [-0.05, 0) is 99.2 Å². The van der Waals surface area contributed by atoms with Crippen molar-refractivity contribution < 1.29 is 19.3 Å². The molecule has 6 rings (SSSR count). The van der Waals surface area contributed by atoms with Crippen LogP contribution in [0, 0.1) is 34.5 Å². The first kappa shape index (κ1) is 26.1. The van der Waals surface area contributed by atoms with Crippen molar-refractivity contribution in [2.45, 2.75) is 96.1 Å². The maximum absolute atomic E-state index is 12.6. The van der Waals surface area contributed by atoms with E-state index in [2.05, 4.69) is 71.0 Å². The molecule has 37 heavy (non-hydrogen) atoms. The van der Waals surface area contributed by atoms with Gasteiger partial charge in [0, 0.05) is 38.7 Å². The van der Waals surface area contributed by atoms with E-state index in [1.54, 1.807) is 0 Å². The maximum atomic E-state index is 12.6. The lowest BCUT2D eigenvalue weighted by atomic mass is 9.40. The summed E-state index contributed by atoms with van der Waals surface area (Å²) in [6.45, 7) is 11.4. The van der Waals surface area contributed by atoms with Gasteiger partial charge in [-0.2, -0.15) is 0 Å². The number of hydrogen-bond donors (Lipinski definition) is 1. The van der Waals surface area contributed by atoms with Crippen LogP contribution in [0.5, 0.6) is 0 Å². The van der Waals surface area contributed by atoms with E-state index in [0.29, 0.717) is 36.9 Å². The molecule has 9 atom stereocenters. The Morgan fingerprint density at radius 1 is 0.973 bits per heavy atom. The number of hydrogen-bond acceptors (Lipinski definition) is 5. The van der Waals surface area contributed by atoms with Crippen molar-refractivity contribution in [1.82, 2.24) is 0 Å². The summed E-state index contributed by atoms with van der Waals surface area (Å²) in [7, 11) is 4.18. The van der Waals surface area contributed by atoms with Crippen LogP contribution in [0.2, 0.25) is 0 Å². The third-order valence-electron chi connectivity index (χ3n) is 12.1. The Labute approximate surface area is 224 Å². The van der Waals surface area contributed by atoms with Crippen molar-refractivity contribution in [3.8, 4) is 0 Å². The topological polar surface area (TPSA) is 51.2 Å². The molecule has 5 nitrogen and oxygen atoms in total. The van der Waals surface area contributed by atoms with Gasteiger partial charge in [-0.15, -0.1) is 0 Å². The number of benzene rings is 1. The Kier molecular flexibility index (Phi) is 6.31. The van der Waals surface area contributed by atoms with Crippen LogP contribution in [0.3, 0.4) is 0 Å². The van der Waals surface area contributed by atoms with E-state index in [1.807, 2.05) is 0 Å². The van der Waals surface area contributed by atoms with E-state index in [0.717, 1.165) is 32.3 Å². The summed E-state index contributed by atoms with van der Waals surface area (Å²) in [4.78, 5) is 2.15. The maximum Gasteiger partial charge on any atom is 0.176 e. The van der Waals surface area contributed by atoms with E-state index in [9.17, 15) is 5.11 Å². The molecule has 0 amide bonds. The molecule has 1 aromatic carbocycles. The van der Waals surface area contributed by atoms with Crippen LogP contribution in [0.4, 0.5) is 5.69 Å². The quantitative estimate of drug-likeness (QED) is 0.537. The van der Waals surface area contributed by atoms with Crippen molar-refractivity contribution >= 4 is 5.69 Å². The first-order chi connectivity index (χ1) is 17.6. The molecule has 0 radical (unpaired) electrons. The minimum absolute atomic E-state index is 0.0145. The molecule has 0 aromatic heterocycles. The molecule has 206 valence electrons. The summed E-state index contributed by atoms with van der Waals surface area (Å²) in [5.41, 5.74) is 2.27. The molecule has 1 spiro atoms. The average molecular weight is 512 g/mol. The Hall–Kier alpha value is -1.14. The van der Waals surface area contributed by atoms with Crippen molar-refractivity contribution in [2.24, 2.45) is 34.5 Å². The minimum Gasteiger partial charge on any atom is -0.392 e. The summed E-state index contributed by atoms with van der Waals surface area (Å²) in [5.74, 6) is 1.54. The molecule has 5 aliphatic rings. The summed E-state index contributed by atoms with van der Waals surface area (Å²) in [5, 5.41) is 12.6. The SMILES string of the molecule is CCOC1(C)CC[C@@]2(C)C(CC[C@@H]3[C@@H]2[C@@H](c2ccc(N(C)C)cc2)[C@H](O)[C@@]2(C)[C@H]3CCC23OCCO3)C1. The van der Waals surface area contributed by atoms with Crippen LogP contribution in [0.15, 0.2) is 24.3 Å². The van der Waals surface area contributed by atoms with Crippen molar-refractivity contribution in [1.29, 1.82) is 0 Å². The highest BCUT2D eigenvalue weighted by atomic mass is 16.7. The normalized spacial score (nSPS) is 46.4. The first-order valence-electron chi connectivity index (χ1n) is 15.0. The van der Waals surface area contributed by atoms with Gasteiger partial charge in [0.1, 0.15) is 0 Å². The van der Waals surface area contributed by atoms with Gasteiger partial charge >= 0.3 is 0 Å². The molecular weight excluding hydrogens is 462 g/mol. The molecule has 5 heteroatoms. The number of aliphatic hydroxyl groups is 1. The van der Waals surface area contributed by atoms with Crippen molar-refractivity contribution in [3.63, 3.8) is 0 Å². The molecule has 1 aliphatic heterocycles. The second kappa shape index (κ2) is 8.94. The van der Waals surface area contributed by atoms with Gasteiger partial charge in [-0.1, -0.05) is 26.0 Å². The number of fused-ring (bicyclic) bond motifs is 6. The fourth-order valence-electron chi connectivity index (χ4n) is 10.3. The zero-order valence-corrected chi connectivity index (χ0v) is 24.0. The molecule has 1 saturated heterocycles. The zero-order valence-electron chi connectivity index (χ0n) is 24.0. The minimum atomic E-state index is -0.637. The molecule has 4 aliphatic carbocycles. The first-order valence-corrected chi connectivity index (χ1v) is 15.0. The predicted octanol–water partition coefficient (Wildman–Crippen LogP) is 6.00. The standard InChI is InChI=1S/C32H49NO4/c1-7-35-29(2)16-17-30(3)22(20-29)10-13-24-25-14-15-32(36-18-19-37-32)31(25,4)28(34)26(27(24)30)21-8-11-23(12-9-21)33(5)6/h8-9,11-12,22,24-28,34H,7,10,13-20H2,1-6H3/t22?,24-,25-,26+,27+,28-,29?,30-,31+/m0/s1. The van der Waals surface area contributed by atoms with Gasteiger partial charge in [0.25, 0.3) is 0 Å². The average Bonchev–Trinajstić information content (AvgIpc) is 3.47. The van der Waals surface area contributed by atoms with Crippen LogP contribution in [-0.2, 0) is 14.2 Å². The lowest BCUT2D eigenvalue weighted by molar-refractivity contribution is -0.286. The van der Waals surface area contributed by atoms with Crippen molar-refractivity contribution in [3.05, 3.63) is 29.8 Å². The van der Waals surface area contributed by atoms with E-state index in [-0.39, 0.29) is 16.9 Å². The Bertz CT molecular complexity index is 989. The molecule has 1 N–H and O–H groups in total. The highest BCUT2D eigenvalue weighted by molar-refractivity contribution is 5.47. The highest BCUT2D eigenvalue weighted by Gasteiger charge is 2.73. The number of ether oxygens (including phenoxy) is 3. The Balaban J connectivity index is 1.45. The lowest BCUT2D eigenvalue weighted by Gasteiger charge is -2.66. The second-order valence-corrected chi connectivity index (χ2v) is 13.9. The molecule has 1 aromatic rings. The van der Waals surface area contributed by atoms with Gasteiger partial charge in [0.2, 0.25) is 0 Å². The Morgan fingerprint density at radius 3 is 2.32 bits per heavy atom. The summed E-state index contributed by atoms with van der Waals surface area (Å²) in [6, 6.07) is 9.05. The molecule has 2 unspecified atom stereocenters. The summed E-state index contributed by atoms with van der Waals surface area (Å²) < 4.78 is 19.2. The predicted molar refractivity (Wildman–Crippen MR) is 147 cm³/mol. The van der Waals surface area contributed by atoms with Crippen LogP contribution in [0.1, 0.15) is 84.1 Å². The number of aliphatic hydroxyl groups excluding tert-OH is 1. The molecule has 4 saturated carbocycles. The summed E-state index contributed by atoms with van der Waals surface area (Å²) in [6.07, 6.45) is 7.43. The smallest absolute Gasteiger partial charge is 0.176 e. The molecule has 0 bridgehead atoms. The van der Waals surface area contributed by atoms with Crippen LogP contribution < -0.4 is 4.90 Å². The van der Waals surface area contributed by atoms with Gasteiger partial charge in [0.15, 0.2) is 5.79 Å². The fourth-order valence-corrected chi connectivity index (χ4v) is 10.3. The van der Waals surface area contributed by atoms with Gasteiger partial charge in [0.05, 0.1) is 30.3 Å². The van der Waals surface area contributed by atoms with Crippen LogP contribution in [0.25, 0.3) is 0 Å². The van der Waals surface area contributed by atoms with E-state index in [1.165, 1.54) is 30.5 Å². The van der Waals surface area contributed by atoms with Gasteiger partial charge in [-0.25, -0.2) is 0 Å². The third kappa shape index (κ3) is 3.63. The lowest BCUT2D eigenvalue weighted by Crippen LogP contribution is -2.66. The van der Waals surface area contributed by atoms with Gasteiger partial charge < -0.3 is 24.2 Å². The van der Waals surface area contributed by atoms with E-state index in [4.69, 9.17) is 14.2 Å². The molecular formula is C32H49NO4. The van der Waals surface area contributed by atoms with Crippen LogP contribution in [-0.4, -0.2) is 56.5 Å². The Morgan fingerprint density at radius 2 is 1.68 bits per heavy atom. The largest absolute Gasteiger partial charge is 0.392 e. The third-order valence-corrected chi connectivity index (χ3v) is 12.1. The van der Waals surface area contributed by atoms with E-state index < -0.39 is 17.3 Å². The fraction of sp³-hybridized carbons (Fsp3) is 0.812. The number of rotatable bonds is 4.